The summed E-state index contributed by atoms with van der Waals surface area (Å²) in [7, 11) is 0. The fraction of sp³-hybridized carbons (Fsp3) is 0.105. The zero-order valence-corrected chi connectivity index (χ0v) is 15.5. The van der Waals surface area contributed by atoms with Gasteiger partial charge >= 0.3 is 6.03 Å². The quantitative estimate of drug-likeness (QED) is 0.520. The van der Waals surface area contributed by atoms with Gasteiger partial charge in [0.15, 0.2) is 0 Å². The van der Waals surface area contributed by atoms with Crippen LogP contribution in [0.3, 0.4) is 0 Å². The maximum absolute atomic E-state index is 13.4. The number of amides is 3. The zero-order chi connectivity index (χ0) is 20.3. The molecule has 0 radical (unpaired) electrons. The molecule has 0 spiro atoms. The third-order valence-electron chi connectivity index (χ3n) is 4.12. The molecule has 0 bridgehead atoms. The number of halogens is 2. The molecular formula is C19H17ClFN5O2. The topological polar surface area (TPSA) is 113 Å². The molecule has 1 atom stereocenters. The number of hydrogen-bond acceptors (Lipinski definition) is 3. The Kier molecular flexibility index (Phi) is 5.60. The molecule has 1 heterocycles. The smallest absolute Gasteiger partial charge is 0.316 e. The van der Waals surface area contributed by atoms with Crippen molar-refractivity contribution in [3.8, 4) is 11.3 Å². The third-order valence-corrected chi connectivity index (χ3v) is 4.41. The molecule has 7 nitrogen and oxygen atoms in total. The molecule has 0 aliphatic carbocycles. The van der Waals surface area contributed by atoms with Gasteiger partial charge < -0.3 is 16.4 Å². The number of H-pyrrole nitrogens is 1. The number of urea groups is 1. The van der Waals surface area contributed by atoms with E-state index in [1.807, 2.05) is 6.92 Å². The van der Waals surface area contributed by atoms with Crippen LogP contribution in [0.5, 0.6) is 0 Å². The Bertz CT molecular complexity index is 1020. The summed E-state index contributed by atoms with van der Waals surface area (Å²) in [5.41, 5.74) is 7.75. The lowest BCUT2D eigenvalue weighted by atomic mass is 10.1. The van der Waals surface area contributed by atoms with Crippen molar-refractivity contribution in [1.29, 1.82) is 0 Å². The highest BCUT2D eigenvalue weighted by Gasteiger charge is 2.18. The summed E-state index contributed by atoms with van der Waals surface area (Å²) < 4.78 is 13.4. The predicted octanol–water partition coefficient (Wildman–Crippen LogP) is 3.85. The molecule has 9 heteroatoms. The van der Waals surface area contributed by atoms with Crippen LogP contribution in [0.1, 0.15) is 28.9 Å². The highest BCUT2D eigenvalue weighted by atomic mass is 35.5. The van der Waals surface area contributed by atoms with Gasteiger partial charge in [0.25, 0.3) is 5.91 Å². The summed E-state index contributed by atoms with van der Waals surface area (Å²) in [6, 6.07) is 10.1. The van der Waals surface area contributed by atoms with Gasteiger partial charge in [0.2, 0.25) is 0 Å². The number of rotatable bonds is 5. The Balaban J connectivity index is 1.75. The zero-order valence-electron chi connectivity index (χ0n) is 14.8. The fourth-order valence-corrected chi connectivity index (χ4v) is 2.87. The average Bonchev–Trinajstić information content (AvgIpc) is 3.14. The summed E-state index contributed by atoms with van der Waals surface area (Å²) >= 11 is 5.83. The maximum atomic E-state index is 13.4. The van der Waals surface area contributed by atoms with Gasteiger partial charge in [0.05, 0.1) is 28.5 Å². The number of primary amides is 1. The monoisotopic (exact) mass is 401 g/mol. The van der Waals surface area contributed by atoms with E-state index in [2.05, 4.69) is 20.8 Å². The molecule has 0 aliphatic rings. The second kappa shape index (κ2) is 8.10. The van der Waals surface area contributed by atoms with Crippen LogP contribution in [-0.4, -0.2) is 22.1 Å². The number of nitrogens with zero attached hydrogens (tertiary/aromatic N) is 1. The van der Waals surface area contributed by atoms with Crippen molar-refractivity contribution in [3.63, 3.8) is 0 Å². The highest BCUT2D eigenvalue weighted by Crippen LogP contribution is 2.26. The number of hydrogen-bond donors (Lipinski definition) is 4. The number of carbonyl (C=O) groups excluding carboxylic acids is 2. The lowest BCUT2D eigenvalue weighted by Crippen LogP contribution is -2.26. The lowest BCUT2D eigenvalue weighted by Gasteiger charge is -2.15. The van der Waals surface area contributed by atoms with E-state index in [1.165, 1.54) is 24.4 Å². The molecule has 3 rings (SSSR count). The molecule has 0 fully saturated rings. The molecule has 5 N–H and O–H groups in total. The SMILES string of the molecule is CC(NC(=O)c1cn[nH]c1-c1ccc(F)c(Cl)c1)c1ccc(NC(N)=O)cc1. The molecule has 1 aromatic heterocycles. The van der Waals surface area contributed by atoms with Crippen molar-refractivity contribution in [3.05, 3.63) is 70.6 Å². The van der Waals surface area contributed by atoms with Crippen molar-refractivity contribution in [2.24, 2.45) is 5.73 Å². The molecule has 3 aromatic rings. The van der Waals surface area contributed by atoms with E-state index in [4.69, 9.17) is 17.3 Å². The Morgan fingerprint density at radius 2 is 1.93 bits per heavy atom. The molecule has 0 aliphatic heterocycles. The van der Waals surface area contributed by atoms with Gasteiger partial charge in [0, 0.05) is 11.3 Å². The normalized spacial score (nSPS) is 11.7. The van der Waals surface area contributed by atoms with Crippen LogP contribution < -0.4 is 16.4 Å². The van der Waals surface area contributed by atoms with E-state index >= 15 is 0 Å². The second-order valence-corrected chi connectivity index (χ2v) is 6.50. The molecule has 1 unspecified atom stereocenters. The van der Waals surface area contributed by atoms with E-state index in [0.717, 1.165) is 5.56 Å². The summed E-state index contributed by atoms with van der Waals surface area (Å²) in [5.74, 6) is -0.894. The van der Waals surface area contributed by atoms with Crippen LogP contribution in [0.15, 0.2) is 48.7 Å². The standard InChI is InChI=1S/C19H17ClFN5O2/c1-10(11-2-5-13(6-3-11)25-19(22)28)24-18(27)14-9-23-26-17(14)12-4-7-16(21)15(20)8-12/h2-10H,1H3,(H,23,26)(H,24,27)(H3,22,25,28). The Morgan fingerprint density at radius 3 is 2.57 bits per heavy atom. The first kappa shape index (κ1) is 19.4. The maximum Gasteiger partial charge on any atom is 0.316 e. The van der Waals surface area contributed by atoms with E-state index in [1.54, 1.807) is 24.3 Å². The summed E-state index contributed by atoms with van der Waals surface area (Å²) in [5, 5.41) is 12.0. The van der Waals surface area contributed by atoms with Gasteiger partial charge in [-0.25, -0.2) is 9.18 Å². The van der Waals surface area contributed by atoms with E-state index in [9.17, 15) is 14.0 Å². The van der Waals surface area contributed by atoms with Crippen molar-refractivity contribution < 1.29 is 14.0 Å². The number of aromatic nitrogens is 2. The largest absolute Gasteiger partial charge is 0.351 e. The summed E-state index contributed by atoms with van der Waals surface area (Å²) in [6.45, 7) is 1.82. The molecule has 2 aromatic carbocycles. The molecular weight excluding hydrogens is 385 g/mol. The van der Waals surface area contributed by atoms with Gasteiger partial charge in [0.1, 0.15) is 5.82 Å². The Hall–Kier alpha value is -3.39. The highest BCUT2D eigenvalue weighted by molar-refractivity contribution is 6.31. The number of aromatic amines is 1. The summed E-state index contributed by atoms with van der Waals surface area (Å²) in [4.78, 5) is 23.6. The van der Waals surface area contributed by atoms with Gasteiger partial charge in [-0.15, -0.1) is 0 Å². The number of benzene rings is 2. The van der Waals surface area contributed by atoms with Crippen LogP contribution >= 0.6 is 11.6 Å². The minimum Gasteiger partial charge on any atom is -0.351 e. The van der Waals surface area contributed by atoms with E-state index in [-0.39, 0.29) is 17.0 Å². The van der Waals surface area contributed by atoms with Crippen molar-refractivity contribution >= 4 is 29.2 Å². The van der Waals surface area contributed by atoms with Crippen LogP contribution in [0.4, 0.5) is 14.9 Å². The minimum absolute atomic E-state index is 0.0449. The Morgan fingerprint density at radius 1 is 1.21 bits per heavy atom. The predicted molar refractivity (Wildman–Crippen MR) is 105 cm³/mol. The first-order chi connectivity index (χ1) is 13.3. The van der Waals surface area contributed by atoms with Crippen molar-refractivity contribution in [1.82, 2.24) is 15.5 Å². The van der Waals surface area contributed by atoms with Gasteiger partial charge in [-0.1, -0.05) is 23.7 Å². The van der Waals surface area contributed by atoms with Crippen LogP contribution in [0, 0.1) is 5.82 Å². The molecule has 144 valence electrons. The molecule has 0 saturated heterocycles. The minimum atomic E-state index is -0.650. The van der Waals surface area contributed by atoms with E-state index < -0.39 is 11.8 Å². The van der Waals surface area contributed by atoms with Gasteiger partial charge in [-0.05, 0) is 42.8 Å². The Labute approximate surface area is 165 Å². The summed E-state index contributed by atoms with van der Waals surface area (Å²) in [6.07, 6.45) is 1.40. The number of anilines is 1. The molecule has 3 amide bonds. The fourth-order valence-electron chi connectivity index (χ4n) is 2.69. The number of nitrogens with two attached hydrogens (primary N) is 1. The lowest BCUT2D eigenvalue weighted by molar-refractivity contribution is 0.0940. The van der Waals surface area contributed by atoms with Crippen LogP contribution in [0.2, 0.25) is 5.02 Å². The van der Waals surface area contributed by atoms with Crippen LogP contribution in [-0.2, 0) is 0 Å². The van der Waals surface area contributed by atoms with Gasteiger partial charge in [-0.2, -0.15) is 5.10 Å². The second-order valence-electron chi connectivity index (χ2n) is 6.09. The van der Waals surface area contributed by atoms with Crippen molar-refractivity contribution in [2.45, 2.75) is 13.0 Å². The van der Waals surface area contributed by atoms with Crippen LogP contribution in [0.25, 0.3) is 11.3 Å². The van der Waals surface area contributed by atoms with Crippen molar-refractivity contribution in [2.75, 3.05) is 5.32 Å². The first-order valence-corrected chi connectivity index (χ1v) is 8.69. The van der Waals surface area contributed by atoms with Gasteiger partial charge in [-0.3, -0.25) is 9.89 Å². The average molecular weight is 402 g/mol. The number of nitrogens with one attached hydrogen (secondary N) is 3. The number of carbonyl (C=O) groups is 2. The third kappa shape index (κ3) is 4.29. The molecule has 28 heavy (non-hydrogen) atoms. The molecule has 0 saturated carbocycles. The van der Waals surface area contributed by atoms with E-state index in [0.29, 0.717) is 22.5 Å². The first-order valence-electron chi connectivity index (χ1n) is 8.31.